The standard InChI is InChI=1S/C17H21N5O2/c1-12-19-16(24-20-12)13-6-10-22(11-13)17(23)14-5-4-7-18-15(14)21-8-2-3-9-21/h4-5,7,13H,2-3,6,8-11H2,1H3/t13-/m1/s1. The van der Waals surface area contributed by atoms with E-state index < -0.39 is 0 Å². The summed E-state index contributed by atoms with van der Waals surface area (Å²) >= 11 is 0. The molecule has 0 aromatic carbocycles. The van der Waals surface area contributed by atoms with Gasteiger partial charge < -0.3 is 14.3 Å². The number of likely N-dealkylation sites (tertiary alicyclic amines) is 1. The van der Waals surface area contributed by atoms with Gasteiger partial charge in [-0.25, -0.2) is 4.98 Å². The molecule has 0 spiro atoms. The van der Waals surface area contributed by atoms with Crippen LogP contribution < -0.4 is 4.90 Å². The van der Waals surface area contributed by atoms with Crippen molar-refractivity contribution < 1.29 is 9.32 Å². The lowest BCUT2D eigenvalue weighted by molar-refractivity contribution is 0.0790. The Balaban J connectivity index is 1.52. The second-order valence-corrected chi connectivity index (χ2v) is 6.49. The summed E-state index contributed by atoms with van der Waals surface area (Å²) in [5.41, 5.74) is 0.696. The number of hydrogen-bond donors (Lipinski definition) is 0. The Bertz CT molecular complexity index is 738. The number of nitrogens with zero attached hydrogens (tertiary/aromatic N) is 5. The van der Waals surface area contributed by atoms with Gasteiger partial charge in [-0.1, -0.05) is 5.16 Å². The molecule has 7 heteroatoms. The molecule has 126 valence electrons. The monoisotopic (exact) mass is 327 g/mol. The Morgan fingerprint density at radius 1 is 1.29 bits per heavy atom. The largest absolute Gasteiger partial charge is 0.356 e. The quantitative estimate of drug-likeness (QED) is 0.858. The average molecular weight is 327 g/mol. The van der Waals surface area contributed by atoms with Gasteiger partial charge >= 0.3 is 0 Å². The molecule has 2 aliphatic heterocycles. The minimum atomic E-state index is 0.0451. The molecule has 2 fully saturated rings. The highest BCUT2D eigenvalue weighted by Crippen LogP contribution is 2.29. The number of rotatable bonds is 3. The minimum absolute atomic E-state index is 0.0451. The summed E-state index contributed by atoms with van der Waals surface area (Å²) in [5.74, 6) is 2.26. The molecule has 2 saturated heterocycles. The van der Waals surface area contributed by atoms with Crippen molar-refractivity contribution in [2.24, 2.45) is 0 Å². The molecule has 0 aliphatic carbocycles. The maximum atomic E-state index is 13.0. The number of carbonyl (C=O) groups is 1. The third kappa shape index (κ3) is 2.74. The van der Waals surface area contributed by atoms with E-state index in [0.29, 0.717) is 30.4 Å². The number of amides is 1. The molecule has 2 aromatic rings. The van der Waals surface area contributed by atoms with Crippen LogP contribution in [0.15, 0.2) is 22.9 Å². The van der Waals surface area contributed by atoms with Gasteiger partial charge in [-0.2, -0.15) is 4.98 Å². The summed E-state index contributed by atoms with van der Waals surface area (Å²) < 4.78 is 5.27. The predicted molar refractivity (Wildman–Crippen MR) is 88.0 cm³/mol. The van der Waals surface area contributed by atoms with E-state index in [-0.39, 0.29) is 11.8 Å². The van der Waals surface area contributed by atoms with Crippen LogP contribution in [0.25, 0.3) is 0 Å². The zero-order valence-corrected chi connectivity index (χ0v) is 13.8. The number of aryl methyl sites for hydroxylation is 1. The molecule has 0 unspecified atom stereocenters. The van der Waals surface area contributed by atoms with Crippen LogP contribution in [-0.4, -0.2) is 52.1 Å². The lowest BCUT2D eigenvalue weighted by Crippen LogP contribution is -2.31. The summed E-state index contributed by atoms with van der Waals surface area (Å²) in [6.07, 6.45) is 4.93. The first-order valence-electron chi connectivity index (χ1n) is 8.52. The highest BCUT2D eigenvalue weighted by molar-refractivity contribution is 5.99. The molecule has 4 rings (SSSR count). The van der Waals surface area contributed by atoms with Gasteiger partial charge in [-0.3, -0.25) is 4.79 Å². The molecule has 0 saturated carbocycles. The van der Waals surface area contributed by atoms with Gasteiger partial charge in [0.1, 0.15) is 5.82 Å². The lowest BCUT2D eigenvalue weighted by Gasteiger charge is -2.22. The fourth-order valence-electron chi connectivity index (χ4n) is 3.54. The van der Waals surface area contributed by atoms with E-state index in [1.807, 2.05) is 24.0 Å². The first kappa shape index (κ1) is 15.1. The van der Waals surface area contributed by atoms with Crippen molar-refractivity contribution in [3.8, 4) is 0 Å². The van der Waals surface area contributed by atoms with Crippen molar-refractivity contribution in [3.05, 3.63) is 35.6 Å². The molecule has 0 N–H and O–H groups in total. The van der Waals surface area contributed by atoms with Gasteiger partial charge in [0.2, 0.25) is 5.89 Å². The van der Waals surface area contributed by atoms with Crippen LogP contribution in [0.1, 0.15) is 47.3 Å². The van der Waals surface area contributed by atoms with Crippen molar-refractivity contribution in [3.63, 3.8) is 0 Å². The Labute approximate surface area is 140 Å². The highest BCUT2D eigenvalue weighted by atomic mass is 16.5. The molecular weight excluding hydrogens is 306 g/mol. The lowest BCUT2D eigenvalue weighted by atomic mass is 10.1. The average Bonchev–Trinajstić information content (AvgIpc) is 3.35. The third-order valence-electron chi connectivity index (χ3n) is 4.79. The number of carbonyl (C=O) groups excluding carboxylic acids is 1. The normalized spacial score (nSPS) is 20.8. The molecule has 1 amide bonds. The van der Waals surface area contributed by atoms with Crippen LogP contribution in [0.4, 0.5) is 5.82 Å². The van der Waals surface area contributed by atoms with E-state index in [1.165, 1.54) is 0 Å². The fraction of sp³-hybridized carbons (Fsp3) is 0.529. The minimum Gasteiger partial charge on any atom is -0.356 e. The predicted octanol–water partition coefficient (Wildman–Crippen LogP) is 2.00. The molecular formula is C17H21N5O2. The van der Waals surface area contributed by atoms with Crippen molar-refractivity contribution in [1.29, 1.82) is 0 Å². The molecule has 0 radical (unpaired) electrons. The molecule has 7 nitrogen and oxygen atoms in total. The first-order valence-corrected chi connectivity index (χ1v) is 8.52. The Morgan fingerprint density at radius 2 is 2.12 bits per heavy atom. The van der Waals surface area contributed by atoms with Crippen LogP contribution in [0.2, 0.25) is 0 Å². The maximum Gasteiger partial charge on any atom is 0.257 e. The molecule has 24 heavy (non-hydrogen) atoms. The van der Waals surface area contributed by atoms with Crippen molar-refractivity contribution in [1.82, 2.24) is 20.0 Å². The maximum absolute atomic E-state index is 13.0. The number of pyridine rings is 1. The van der Waals surface area contributed by atoms with Gasteiger partial charge in [-0.15, -0.1) is 0 Å². The van der Waals surface area contributed by atoms with E-state index in [1.54, 1.807) is 6.20 Å². The Morgan fingerprint density at radius 3 is 2.88 bits per heavy atom. The van der Waals surface area contributed by atoms with Gasteiger partial charge in [0.15, 0.2) is 5.82 Å². The second kappa shape index (κ2) is 6.22. The van der Waals surface area contributed by atoms with Crippen LogP contribution >= 0.6 is 0 Å². The molecule has 2 aromatic heterocycles. The van der Waals surface area contributed by atoms with E-state index in [2.05, 4.69) is 20.0 Å². The van der Waals surface area contributed by atoms with Gasteiger partial charge in [-0.05, 0) is 38.3 Å². The Hall–Kier alpha value is -2.44. The van der Waals surface area contributed by atoms with E-state index in [9.17, 15) is 4.79 Å². The number of aromatic nitrogens is 3. The van der Waals surface area contributed by atoms with Crippen molar-refractivity contribution >= 4 is 11.7 Å². The van der Waals surface area contributed by atoms with Crippen LogP contribution in [-0.2, 0) is 0 Å². The molecule has 2 aliphatic rings. The van der Waals surface area contributed by atoms with E-state index in [0.717, 1.165) is 38.2 Å². The molecule has 1 atom stereocenters. The fourth-order valence-corrected chi connectivity index (χ4v) is 3.54. The number of hydrogen-bond acceptors (Lipinski definition) is 6. The van der Waals surface area contributed by atoms with Crippen LogP contribution in [0.5, 0.6) is 0 Å². The smallest absolute Gasteiger partial charge is 0.257 e. The zero-order chi connectivity index (χ0) is 16.5. The summed E-state index contributed by atoms with van der Waals surface area (Å²) in [5, 5.41) is 3.85. The Kier molecular flexibility index (Phi) is 3.92. The van der Waals surface area contributed by atoms with Crippen molar-refractivity contribution in [2.45, 2.75) is 32.1 Å². The SMILES string of the molecule is Cc1noc([C@@H]2CCN(C(=O)c3cccnc3N3CCCC3)C2)n1. The van der Waals surface area contributed by atoms with Crippen LogP contribution in [0, 0.1) is 6.92 Å². The first-order chi connectivity index (χ1) is 11.7. The zero-order valence-electron chi connectivity index (χ0n) is 13.8. The van der Waals surface area contributed by atoms with Gasteiger partial charge in [0.05, 0.1) is 11.5 Å². The topological polar surface area (TPSA) is 75.4 Å². The second-order valence-electron chi connectivity index (χ2n) is 6.49. The van der Waals surface area contributed by atoms with Crippen molar-refractivity contribution in [2.75, 3.05) is 31.1 Å². The van der Waals surface area contributed by atoms with Gasteiger partial charge in [0.25, 0.3) is 5.91 Å². The molecule has 0 bridgehead atoms. The summed E-state index contributed by atoms with van der Waals surface area (Å²) in [6, 6.07) is 3.72. The highest BCUT2D eigenvalue weighted by Gasteiger charge is 2.33. The third-order valence-corrected chi connectivity index (χ3v) is 4.79. The van der Waals surface area contributed by atoms with Gasteiger partial charge in [0, 0.05) is 32.4 Å². The summed E-state index contributed by atoms with van der Waals surface area (Å²) in [6.45, 7) is 5.08. The van der Waals surface area contributed by atoms with E-state index in [4.69, 9.17) is 4.52 Å². The van der Waals surface area contributed by atoms with E-state index >= 15 is 0 Å². The summed E-state index contributed by atoms with van der Waals surface area (Å²) in [4.78, 5) is 25.9. The molecule has 4 heterocycles. The number of anilines is 1. The van der Waals surface area contributed by atoms with Crippen LogP contribution in [0.3, 0.4) is 0 Å². The summed E-state index contributed by atoms with van der Waals surface area (Å²) in [7, 11) is 0.